The maximum absolute atomic E-state index is 9.10. The molecule has 0 amide bonds. The van der Waals surface area contributed by atoms with Gasteiger partial charge in [-0.3, -0.25) is 0 Å². The van der Waals surface area contributed by atoms with Crippen LogP contribution in [0.2, 0.25) is 0 Å². The van der Waals surface area contributed by atoms with Crippen molar-refractivity contribution in [3.05, 3.63) is 77.4 Å². The smallest absolute Gasteiger partial charge is 0.414 e. The third-order valence-electron chi connectivity index (χ3n) is 4.41. The molecule has 0 radical (unpaired) electrons. The lowest BCUT2D eigenvalue weighted by Gasteiger charge is -2.25. The highest BCUT2D eigenvalue weighted by Crippen LogP contribution is 2.34. The standard InChI is InChI=1S/C20H23N.C2H2O4.H2O/c1-21(2)13-12-16-14-18-10-6-7-11-19(18)20(15-16)17-8-4-3-5-9-17;3-1(4)2(5)6;/h3-11,15-16H,12-14H2,1-2H3;(H,3,4)(H,5,6);1H2. The number of aliphatic carboxylic acids is 2. The molecule has 6 nitrogen and oxygen atoms in total. The van der Waals surface area contributed by atoms with E-state index in [0.717, 1.165) is 6.54 Å². The quantitative estimate of drug-likeness (QED) is 0.786. The highest BCUT2D eigenvalue weighted by Gasteiger charge is 2.20. The van der Waals surface area contributed by atoms with Gasteiger partial charge in [-0.2, -0.15) is 0 Å². The Kier molecular flexibility index (Phi) is 9.08. The van der Waals surface area contributed by atoms with Gasteiger partial charge in [0.2, 0.25) is 0 Å². The van der Waals surface area contributed by atoms with E-state index in [1.807, 2.05) is 0 Å². The number of carboxylic acids is 2. The minimum atomic E-state index is -1.82. The third-order valence-corrected chi connectivity index (χ3v) is 4.41. The topological polar surface area (TPSA) is 109 Å². The SMILES string of the molecule is CN(C)CCC1C=C(c2ccccc2)c2ccccc2C1.O.O=C(O)C(=O)O. The first-order chi connectivity index (χ1) is 12.9. The molecule has 150 valence electrons. The first-order valence-electron chi connectivity index (χ1n) is 8.85. The van der Waals surface area contributed by atoms with Gasteiger partial charge >= 0.3 is 11.9 Å². The van der Waals surface area contributed by atoms with E-state index in [0.29, 0.717) is 5.92 Å². The van der Waals surface area contributed by atoms with E-state index in [9.17, 15) is 0 Å². The van der Waals surface area contributed by atoms with Crippen molar-refractivity contribution in [1.29, 1.82) is 0 Å². The molecule has 1 unspecified atom stereocenters. The van der Waals surface area contributed by atoms with Crippen LogP contribution < -0.4 is 0 Å². The summed E-state index contributed by atoms with van der Waals surface area (Å²) in [6.45, 7) is 1.14. The molecule has 0 aromatic heterocycles. The highest BCUT2D eigenvalue weighted by atomic mass is 16.4. The van der Waals surface area contributed by atoms with Gasteiger partial charge in [-0.15, -0.1) is 0 Å². The molecular weight excluding hydrogens is 358 g/mol. The van der Waals surface area contributed by atoms with E-state index >= 15 is 0 Å². The zero-order chi connectivity index (χ0) is 19.8. The van der Waals surface area contributed by atoms with E-state index in [1.165, 1.54) is 35.1 Å². The van der Waals surface area contributed by atoms with Gasteiger partial charge in [0.05, 0.1) is 0 Å². The monoisotopic (exact) mass is 385 g/mol. The Bertz CT molecular complexity index is 803. The molecule has 0 bridgehead atoms. The molecule has 6 heteroatoms. The Morgan fingerprint density at radius 3 is 2.11 bits per heavy atom. The second-order valence-electron chi connectivity index (χ2n) is 6.77. The molecular formula is C22H27NO5. The molecule has 28 heavy (non-hydrogen) atoms. The van der Waals surface area contributed by atoms with Crippen LogP contribution in [0.4, 0.5) is 0 Å². The van der Waals surface area contributed by atoms with E-state index in [1.54, 1.807) is 0 Å². The van der Waals surface area contributed by atoms with Gasteiger partial charge in [0.1, 0.15) is 0 Å². The minimum absolute atomic E-state index is 0. The number of carbonyl (C=O) groups is 2. The van der Waals surface area contributed by atoms with Gasteiger partial charge in [-0.25, -0.2) is 9.59 Å². The molecule has 0 heterocycles. The maximum Gasteiger partial charge on any atom is 0.414 e. The van der Waals surface area contributed by atoms with Crippen molar-refractivity contribution in [3.8, 4) is 0 Å². The zero-order valence-electron chi connectivity index (χ0n) is 16.1. The Hall–Kier alpha value is -2.96. The number of fused-ring (bicyclic) bond motifs is 1. The van der Waals surface area contributed by atoms with Crippen molar-refractivity contribution in [1.82, 2.24) is 4.90 Å². The van der Waals surface area contributed by atoms with E-state index < -0.39 is 11.9 Å². The average Bonchev–Trinajstić information content (AvgIpc) is 2.66. The van der Waals surface area contributed by atoms with Crippen LogP contribution in [0.1, 0.15) is 23.1 Å². The van der Waals surface area contributed by atoms with Crippen LogP contribution in [0.5, 0.6) is 0 Å². The van der Waals surface area contributed by atoms with Gasteiger partial charge in [0.25, 0.3) is 0 Å². The minimum Gasteiger partial charge on any atom is -0.473 e. The Morgan fingerprint density at radius 1 is 0.964 bits per heavy atom. The van der Waals surface area contributed by atoms with Gasteiger partial charge in [-0.05, 0) is 61.7 Å². The predicted octanol–water partition coefficient (Wildman–Crippen LogP) is 2.57. The van der Waals surface area contributed by atoms with Crippen LogP contribution in [0, 0.1) is 5.92 Å². The summed E-state index contributed by atoms with van der Waals surface area (Å²) in [6.07, 6.45) is 4.87. The molecule has 0 fully saturated rings. The first kappa shape index (κ1) is 23.1. The van der Waals surface area contributed by atoms with Crippen LogP contribution in [0.25, 0.3) is 5.57 Å². The lowest BCUT2D eigenvalue weighted by Crippen LogP contribution is -2.19. The summed E-state index contributed by atoms with van der Waals surface area (Å²) in [5, 5.41) is 14.8. The number of allylic oxidation sites excluding steroid dienone is 1. The number of benzene rings is 2. The highest BCUT2D eigenvalue weighted by molar-refractivity contribution is 6.27. The van der Waals surface area contributed by atoms with Crippen LogP contribution >= 0.6 is 0 Å². The Labute approximate surface area is 165 Å². The second-order valence-corrected chi connectivity index (χ2v) is 6.77. The molecule has 0 saturated heterocycles. The van der Waals surface area contributed by atoms with Crippen LogP contribution in [0.15, 0.2) is 60.7 Å². The maximum atomic E-state index is 9.10. The largest absolute Gasteiger partial charge is 0.473 e. The summed E-state index contributed by atoms with van der Waals surface area (Å²) in [6, 6.07) is 19.6. The number of carboxylic acid groups (broad SMARTS) is 2. The fourth-order valence-electron chi connectivity index (χ4n) is 3.11. The average molecular weight is 385 g/mol. The van der Waals surface area contributed by atoms with Gasteiger partial charge in [-0.1, -0.05) is 60.7 Å². The molecule has 1 atom stereocenters. The van der Waals surface area contributed by atoms with Crippen molar-refractivity contribution in [3.63, 3.8) is 0 Å². The van der Waals surface area contributed by atoms with E-state index in [-0.39, 0.29) is 5.48 Å². The molecule has 2 aromatic carbocycles. The van der Waals surface area contributed by atoms with Crippen molar-refractivity contribution >= 4 is 17.5 Å². The fourth-order valence-corrected chi connectivity index (χ4v) is 3.11. The normalized spacial score (nSPS) is 14.7. The second kappa shape index (κ2) is 11.0. The van der Waals surface area contributed by atoms with E-state index in [2.05, 4.69) is 79.7 Å². The molecule has 0 saturated carbocycles. The summed E-state index contributed by atoms with van der Waals surface area (Å²) >= 11 is 0. The van der Waals surface area contributed by atoms with Crippen molar-refractivity contribution in [2.24, 2.45) is 5.92 Å². The lowest BCUT2D eigenvalue weighted by molar-refractivity contribution is -0.159. The van der Waals surface area contributed by atoms with Gasteiger partial charge < -0.3 is 20.6 Å². The first-order valence-corrected chi connectivity index (χ1v) is 8.85. The molecule has 3 rings (SSSR count). The number of rotatable bonds is 4. The van der Waals surface area contributed by atoms with Crippen molar-refractivity contribution in [2.45, 2.75) is 12.8 Å². The molecule has 1 aliphatic rings. The third kappa shape index (κ3) is 6.64. The Balaban J connectivity index is 0.000000492. The molecule has 1 aliphatic carbocycles. The molecule has 2 aromatic rings. The molecule has 4 N–H and O–H groups in total. The van der Waals surface area contributed by atoms with Crippen molar-refractivity contribution < 1.29 is 25.3 Å². The van der Waals surface area contributed by atoms with Crippen LogP contribution in [0.3, 0.4) is 0 Å². The number of nitrogens with zero attached hydrogens (tertiary/aromatic N) is 1. The molecule has 0 aliphatic heterocycles. The number of hydrogen-bond acceptors (Lipinski definition) is 3. The lowest BCUT2D eigenvalue weighted by atomic mass is 9.81. The summed E-state index contributed by atoms with van der Waals surface area (Å²) in [5.41, 5.74) is 5.63. The van der Waals surface area contributed by atoms with Gasteiger partial charge in [0.15, 0.2) is 0 Å². The van der Waals surface area contributed by atoms with Gasteiger partial charge in [0, 0.05) is 0 Å². The zero-order valence-corrected chi connectivity index (χ0v) is 16.1. The summed E-state index contributed by atoms with van der Waals surface area (Å²) < 4.78 is 0. The van der Waals surface area contributed by atoms with Crippen LogP contribution in [-0.2, 0) is 16.0 Å². The van der Waals surface area contributed by atoms with Crippen molar-refractivity contribution in [2.75, 3.05) is 20.6 Å². The summed E-state index contributed by atoms with van der Waals surface area (Å²) in [5.74, 6) is -3.01. The summed E-state index contributed by atoms with van der Waals surface area (Å²) in [7, 11) is 4.30. The predicted molar refractivity (Wildman–Crippen MR) is 109 cm³/mol. The number of hydrogen-bond donors (Lipinski definition) is 2. The molecule has 0 spiro atoms. The summed E-state index contributed by atoms with van der Waals surface area (Å²) in [4.78, 5) is 20.5. The Morgan fingerprint density at radius 2 is 1.54 bits per heavy atom. The van der Waals surface area contributed by atoms with E-state index in [4.69, 9.17) is 19.8 Å². The fraction of sp³-hybridized carbons (Fsp3) is 0.273. The van der Waals surface area contributed by atoms with Crippen LogP contribution in [-0.4, -0.2) is 53.2 Å².